The van der Waals surface area contributed by atoms with E-state index in [1.165, 1.54) is 12.8 Å². The Morgan fingerprint density at radius 1 is 0.963 bits per heavy atom. The summed E-state index contributed by atoms with van der Waals surface area (Å²) in [6.45, 7) is 0.512. The number of pyridine rings is 1. The van der Waals surface area contributed by atoms with E-state index in [2.05, 4.69) is 15.6 Å². The normalized spacial score (nSPS) is 13.0. The standard InChI is InChI=1S/C22H21N3O2/c26-22(21-13-10-19(14-23-21)24-17-6-7-17)25-18-8-11-20(12-9-18)27-15-16-4-2-1-3-5-16/h1-5,8-14,17,24H,6-7,15H2,(H,25,26). The summed E-state index contributed by atoms with van der Waals surface area (Å²) in [4.78, 5) is 16.6. The van der Waals surface area contributed by atoms with Crippen LogP contribution in [0.2, 0.25) is 0 Å². The fourth-order valence-electron chi connectivity index (χ4n) is 2.65. The van der Waals surface area contributed by atoms with Crippen LogP contribution in [0.3, 0.4) is 0 Å². The van der Waals surface area contributed by atoms with E-state index in [0.29, 0.717) is 24.0 Å². The minimum atomic E-state index is -0.231. The third-order valence-corrected chi connectivity index (χ3v) is 4.30. The number of ether oxygens (including phenoxy) is 1. The van der Waals surface area contributed by atoms with Gasteiger partial charge in [0.25, 0.3) is 5.91 Å². The SMILES string of the molecule is O=C(Nc1ccc(OCc2ccccc2)cc1)c1ccc(NC2CC2)cn1. The predicted octanol–water partition coefficient (Wildman–Crippen LogP) is 4.49. The fourth-order valence-corrected chi connectivity index (χ4v) is 2.65. The molecule has 1 saturated carbocycles. The number of nitrogens with zero attached hydrogens (tertiary/aromatic N) is 1. The molecule has 5 heteroatoms. The van der Waals surface area contributed by atoms with Gasteiger partial charge in [0.15, 0.2) is 0 Å². The zero-order valence-corrected chi connectivity index (χ0v) is 14.9. The number of amides is 1. The van der Waals surface area contributed by atoms with Crippen molar-refractivity contribution in [1.82, 2.24) is 4.98 Å². The highest BCUT2D eigenvalue weighted by molar-refractivity contribution is 6.02. The van der Waals surface area contributed by atoms with E-state index in [4.69, 9.17) is 4.74 Å². The van der Waals surface area contributed by atoms with Crippen LogP contribution in [0.4, 0.5) is 11.4 Å². The minimum Gasteiger partial charge on any atom is -0.489 e. The summed E-state index contributed by atoms with van der Waals surface area (Å²) in [6, 6.07) is 21.5. The lowest BCUT2D eigenvalue weighted by atomic mass is 10.2. The summed E-state index contributed by atoms with van der Waals surface area (Å²) in [7, 11) is 0. The fraction of sp³-hybridized carbons (Fsp3) is 0.182. The maximum atomic E-state index is 12.3. The number of rotatable bonds is 7. The summed E-state index contributed by atoms with van der Waals surface area (Å²) in [5, 5.41) is 6.21. The van der Waals surface area contributed by atoms with Crippen molar-refractivity contribution in [1.29, 1.82) is 0 Å². The molecule has 1 heterocycles. The largest absolute Gasteiger partial charge is 0.489 e. The average molecular weight is 359 g/mol. The van der Waals surface area contributed by atoms with Gasteiger partial charge in [0, 0.05) is 11.7 Å². The molecular weight excluding hydrogens is 338 g/mol. The minimum absolute atomic E-state index is 0.231. The molecule has 0 atom stereocenters. The van der Waals surface area contributed by atoms with Crippen molar-refractivity contribution in [3.63, 3.8) is 0 Å². The van der Waals surface area contributed by atoms with Crippen LogP contribution in [0.5, 0.6) is 5.75 Å². The lowest BCUT2D eigenvalue weighted by molar-refractivity contribution is 0.102. The van der Waals surface area contributed by atoms with Gasteiger partial charge < -0.3 is 15.4 Å². The smallest absolute Gasteiger partial charge is 0.274 e. The molecule has 0 unspecified atom stereocenters. The molecule has 1 amide bonds. The first kappa shape index (κ1) is 17.1. The quantitative estimate of drug-likeness (QED) is 0.652. The summed E-state index contributed by atoms with van der Waals surface area (Å²) in [6.07, 6.45) is 4.11. The first-order valence-electron chi connectivity index (χ1n) is 9.07. The number of anilines is 2. The Labute approximate surface area is 158 Å². The van der Waals surface area contributed by atoms with Crippen molar-refractivity contribution in [2.45, 2.75) is 25.5 Å². The number of nitrogens with one attached hydrogen (secondary N) is 2. The average Bonchev–Trinajstić information content (AvgIpc) is 3.53. The Morgan fingerprint density at radius 2 is 1.70 bits per heavy atom. The van der Waals surface area contributed by atoms with E-state index in [9.17, 15) is 4.79 Å². The van der Waals surface area contributed by atoms with Crippen molar-refractivity contribution in [2.75, 3.05) is 10.6 Å². The molecule has 0 radical (unpaired) electrons. The van der Waals surface area contributed by atoms with Crippen LogP contribution in [-0.2, 0) is 6.61 Å². The summed E-state index contributed by atoms with van der Waals surface area (Å²) in [5.41, 5.74) is 3.16. The van der Waals surface area contributed by atoms with Crippen molar-refractivity contribution >= 4 is 17.3 Å². The zero-order chi connectivity index (χ0) is 18.5. The molecule has 5 nitrogen and oxygen atoms in total. The van der Waals surface area contributed by atoms with Crippen LogP contribution < -0.4 is 15.4 Å². The molecule has 2 N–H and O–H groups in total. The van der Waals surface area contributed by atoms with Crippen LogP contribution in [0, 0.1) is 0 Å². The van der Waals surface area contributed by atoms with Gasteiger partial charge >= 0.3 is 0 Å². The second-order valence-electron chi connectivity index (χ2n) is 6.60. The lowest BCUT2D eigenvalue weighted by Gasteiger charge is -2.09. The van der Waals surface area contributed by atoms with E-state index >= 15 is 0 Å². The van der Waals surface area contributed by atoms with Gasteiger partial charge in [0.1, 0.15) is 18.1 Å². The summed E-state index contributed by atoms with van der Waals surface area (Å²) in [5.74, 6) is 0.524. The number of hydrogen-bond acceptors (Lipinski definition) is 4. The molecule has 0 aliphatic heterocycles. The second-order valence-corrected chi connectivity index (χ2v) is 6.60. The molecule has 1 fully saturated rings. The Balaban J connectivity index is 1.31. The van der Waals surface area contributed by atoms with E-state index in [1.54, 1.807) is 12.3 Å². The molecule has 3 aromatic rings. The molecule has 136 valence electrons. The number of hydrogen-bond donors (Lipinski definition) is 2. The van der Waals surface area contributed by atoms with Crippen molar-refractivity contribution < 1.29 is 9.53 Å². The van der Waals surface area contributed by atoms with Gasteiger partial charge in [-0.05, 0) is 54.8 Å². The highest BCUT2D eigenvalue weighted by Crippen LogP contribution is 2.24. The van der Waals surface area contributed by atoms with Gasteiger partial charge in [-0.25, -0.2) is 4.98 Å². The molecular formula is C22H21N3O2. The van der Waals surface area contributed by atoms with Crippen molar-refractivity contribution in [3.8, 4) is 5.75 Å². The molecule has 2 aromatic carbocycles. The van der Waals surface area contributed by atoms with Gasteiger partial charge in [-0.3, -0.25) is 4.79 Å². The van der Waals surface area contributed by atoms with Crippen LogP contribution >= 0.6 is 0 Å². The predicted molar refractivity (Wildman–Crippen MR) is 106 cm³/mol. The summed E-state index contributed by atoms with van der Waals surface area (Å²) >= 11 is 0. The Bertz CT molecular complexity index is 889. The van der Waals surface area contributed by atoms with E-state index < -0.39 is 0 Å². The number of aromatic nitrogens is 1. The molecule has 1 aromatic heterocycles. The van der Waals surface area contributed by atoms with Gasteiger partial charge in [-0.1, -0.05) is 30.3 Å². The molecule has 1 aliphatic rings. The molecule has 1 aliphatic carbocycles. The van der Waals surface area contributed by atoms with Crippen LogP contribution in [0.25, 0.3) is 0 Å². The molecule has 27 heavy (non-hydrogen) atoms. The molecule has 0 saturated heterocycles. The van der Waals surface area contributed by atoms with Crippen LogP contribution in [0.1, 0.15) is 28.9 Å². The Morgan fingerprint density at radius 3 is 2.37 bits per heavy atom. The maximum absolute atomic E-state index is 12.3. The summed E-state index contributed by atoms with van der Waals surface area (Å²) < 4.78 is 5.75. The second kappa shape index (κ2) is 7.91. The maximum Gasteiger partial charge on any atom is 0.274 e. The molecule has 4 rings (SSSR count). The first-order chi connectivity index (χ1) is 13.3. The first-order valence-corrected chi connectivity index (χ1v) is 9.07. The third-order valence-electron chi connectivity index (χ3n) is 4.30. The highest BCUT2D eigenvalue weighted by Gasteiger charge is 2.20. The highest BCUT2D eigenvalue weighted by atomic mass is 16.5. The Hall–Kier alpha value is -3.34. The number of benzene rings is 2. The van der Waals surface area contributed by atoms with Gasteiger partial charge in [-0.2, -0.15) is 0 Å². The molecule has 0 bridgehead atoms. The van der Waals surface area contributed by atoms with Crippen LogP contribution in [0.15, 0.2) is 72.9 Å². The van der Waals surface area contributed by atoms with Crippen molar-refractivity contribution in [3.05, 3.63) is 84.2 Å². The molecule has 0 spiro atoms. The van der Waals surface area contributed by atoms with Crippen molar-refractivity contribution in [2.24, 2.45) is 0 Å². The van der Waals surface area contributed by atoms with E-state index in [1.807, 2.05) is 60.7 Å². The van der Waals surface area contributed by atoms with E-state index in [0.717, 1.165) is 17.0 Å². The number of carbonyl (C=O) groups is 1. The number of carbonyl (C=O) groups excluding carboxylic acids is 1. The van der Waals surface area contributed by atoms with E-state index in [-0.39, 0.29) is 5.91 Å². The monoisotopic (exact) mass is 359 g/mol. The van der Waals surface area contributed by atoms with Crippen LogP contribution in [-0.4, -0.2) is 16.9 Å². The lowest BCUT2D eigenvalue weighted by Crippen LogP contribution is -2.13. The topological polar surface area (TPSA) is 63.2 Å². The van der Waals surface area contributed by atoms with Gasteiger partial charge in [0.2, 0.25) is 0 Å². The third kappa shape index (κ3) is 4.85. The van der Waals surface area contributed by atoms with Gasteiger partial charge in [-0.15, -0.1) is 0 Å². The van der Waals surface area contributed by atoms with Gasteiger partial charge in [0.05, 0.1) is 11.9 Å². The zero-order valence-electron chi connectivity index (χ0n) is 14.9. The Kier molecular flexibility index (Phi) is 5.01.